The topological polar surface area (TPSA) is 44.5 Å². The molecule has 1 aliphatic rings. The van der Waals surface area contributed by atoms with E-state index in [1.54, 1.807) is 7.11 Å². The summed E-state index contributed by atoms with van der Waals surface area (Å²) in [5.74, 6) is 1.54. The van der Waals surface area contributed by atoms with Crippen molar-refractivity contribution in [2.24, 2.45) is 5.92 Å². The van der Waals surface area contributed by atoms with Gasteiger partial charge in [0.05, 0.1) is 19.8 Å². The normalized spacial score (nSPS) is 23.3. The molecule has 19 heavy (non-hydrogen) atoms. The maximum atomic E-state index is 6.13. The number of nitrogens with two attached hydrogens (primary N) is 1. The Morgan fingerprint density at radius 3 is 2.79 bits per heavy atom. The van der Waals surface area contributed by atoms with Crippen LogP contribution in [0.1, 0.15) is 44.6 Å². The van der Waals surface area contributed by atoms with Crippen LogP contribution in [0.5, 0.6) is 5.75 Å². The molecule has 0 bridgehead atoms. The van der Waals surface area contributed by atoms with E-state index in [2.05, 4.69) is 6.92 Å². The minimum atomic E-state index is 0.404. The minimum Gasteiger partial charge on any atom is -0.496 e. The molecular formula is C16H25NO2. The lowest BCUT2D eigenvalue weighted by molar-refractivity contribution is -0.0227. The highest BCUT2D eigenvalue weighted by molar-refractivity contribution is 5.48. The van der Waals surface area contributed by atoms with Crippen LogP contribution in [-0.4, -0.2) is 13.2 Å². The molecule has 1 aliphatic carbocycles. The van der Waals surface area contributed by atoms with Gasteiger partial charge in [0.2, 0.25) is 0 Å². The van der Waals surface area contributed by atoms with Gasteiger partial charge in [-0.15, -0.1) is 0 Å². The van der Waals surface area contributed by atoms with Crippen molar-refractivity contribution in [1.29, 1.82) is 0 Å². The number of benzene rings is 1. The summed E-state index contributed by atoms with van der Waals surface area (Å²) < 4.78 is 11.5. The molecule has 3 heteroatoms. The molecule has 0 radical (unpaired) electrons. The van der Waals surface area contributed by atoms with Gasteiger partial charge in [0, 0.05) is 17.3 Å². The molecule has 2 rings (SSSR count). The molecule has 3 nitrogen and oxygen atoms in total. The minimum absolute atomic E-state index is 0.404. The van der Waals surface area contributed by atoms with Gasteiger partial charge in [-0.3, -0.25) is 0 Å². The van der Waals surface area contributed by atoms with E-state index in [4.69, 9.17) is 15.2 Å². The van der Waals surface area contributed by atoms with E-state index in [1.165, 1.54) is 32.1 Å². The SMILES string of the molecule is CCC1CCCCC1OCc1ccc(N)cc1OC. The van der Waals surface area contributed by atoms with E-state index in [1.807, 2.05) is 18.2 Å². The molecule has 0 spiro atoms. The number of hydrogen-bond acceptors (Lipinski definition) is 3. The molecule has 2 N–H and O–H groups in total. The largest absolute Gasteiger partial charge is 0.496 e. The van der Waals surface area contributed by atoms with Gasteiger partial charge in [0.25, 0.3) is 0 Å². The van der Waals surface area contributed by atoms with E-state index >= 15 is 0 Å². The van der Waals surface area contributed by atoms with E-state index in [-0.39, 0.29) is 0 Å². The van der Waals surface area contributed by atoms with Crippen molar-refractivity contribution in [2.75, 3.05) is 12.8 Å². The van der Waals surface area contributed by atoms with Crippen molar-refractivity contribution < 1.29 is 9.47 Å². The number of methoxy groups -OCH3 is 1. The fraction of sp³-hybridized carbons (Fsp3) is 0.625. The standard InChI is InChI=1S/C16H25NO2/c1-3-12-6-4-5-7-15(12)19-11-13-8-9-14(17)10-16(13)18-2/h8-10,12,15H,3-7,11,17H2,1-2H3. The highest BCUT2D eigenvalue weighted by atomic mass is 16.5. The van der Waals surface area contributed by atoms with Crippen LogP contribution in [0.3, 0.4) is 0 Å². The molecule has 0 saturated heterocycles. The molecule has 1 saturated carbocycles. The first-order chi connectivity index (χ1) is 9.24. The van der Waals surface area contributed by atoms with E-state index in [0.29, 0.717) is 18.6 Å². The quantitative estimate of drug-likeness (QED) is 0.823. The van der Waals surface area contributed by atoms with Crippen LogP contribution in [0.4, 0.5) is 5.69 Å². The van der Waals surface area contributed by atoms with Crippen molar-refractivity contribution in [1.82, 2.24) is 0 Å². The highest BCUT2D eigenvalue weighted by Crippen LogP contribution is 2.31. The molecule has 0 heterocycles. The Labute approximate surface area is 116 Å². The van der Waals surface area contributed by atoms with Crippen molar-refractivity contribution in [3.63, 3.8) is 0 Å². The summed E-state index contributed by atoms with van der Waals surface area (Å²) in [4.78, 5) is 0. The van der Waals surface area contributed by atoms with Crippen molar-refractivity contribution in [2.45, 2.75) is 51.7 Å². The predicted molar refractivity (Wildman–Crippen MR) is 78.2 cm³/mol. The van der Waals surface area contributed by atoms with Crippen molar-refractivity contribution >= 4 is 5.69 Å². The maximum absolute atomic E-state index is 6.13. The summed E-state index contributed by atoms with van der Waals surface area (Å²) in [6, 6.07) is 5.76. The zero-order valence-corrected chi connectivity index (χ0v) is 12.0. The molecule has 0 aliphatic heterocycles. The number of hydrogen-bond donors (Lipinski definition) is 1. The third kappa shape index (κ3) is 3.63. The van der Waals surface area contributed by atoms with Crippen LogP contribution in [0.2, 0.25) is 0 Å². The molecule has 0 aromatic heterocycles. The fourth-order valence-electron chi connectivity index (χ4n) is 2.94. The lowest BCUT2D eigenvalue weighted by Crippen LogP contribution is -2.27. The van der Waals surface area contributed by atoms with Crippen LogP contribution in [0.15, 0.2) is 18.2 Å². The first-order valence-corrected chi connectivity index (χ1v) is 7.28. The molecule has 2 atom stereocenters. The fourth-order valence-corrected chi connectivity index (χ4v) is 2.94. The van der Waals surface area contributed by atoms with E-state index in [0.717, 1.165) is 17.0 Å². The Bertz CT molecular complexity index is 406. The van der Waals surface area contributed by atoms with Crippen LogP contribution in [0.25, 0.3) is 0 Å². The van der Waals surface area contributed by atoms with Gasteiger partial charge in [0.1, 0.15) is 5.75 Å². The molecule has 2 unspecified atom stereocenters. The van der Waals surface area contributed by atoms with Crippen LogP contribution >= 0.6 is 0 Å². The van der Waals surface area contributed by atoms with E-state index in [9.17, 15) is 0 Å². The van der Waals surface area contributed by atoms with Crippen LogP contribution in [0, 0.1) is 5.92 Å². The van der Waals surface area contributed by atoms with Gasteiger partial charge < -0.3 is 15.2 Å². The summed E-state index contributed by atoms with van der Waals surface area (Å²) in [6.45, 7) is 2.88. The van der Waals surface area contributed by atoms with Gasteiger partial charge in [0.15, 0.2) is 0 Å². The lowest BCUT2D eigenvalue weighted by Gasteiger charge is -2.31. The second kappa shape index (κ2) is 6.80. The second-order valence-electron chi connectivity index (χ2n) is 5.37. The Hall–Kier alpha value is -1.22. The summed E-state index contributed by atoms with van der Waals surface area (Å²) in [5, 5.41) is 0. The average Bonchev–Trinajstić information content (AvgIpc) is 2.46. The zero-order valence-electron chi connectivity index (χ0n) is 12.0. The van der Waals surface area contributed by atoms with Gasteiger partial charge in [-0.2, -0.15) is 0 Å². The Morgan fingerprint density at radius 1 is 1.26 bits per heavy atom. The van der Waals surface area contributed by atoms with Crippen molar-refractivity contribution in [3.05, 3.63) is 23.8 Å². The summed E-state index contributed by atoms with van der Waals surface area (Å²) in [6.07, 6.45) is 6.75. The van der Waals surface area contributed by atoms with Gasteiger partial charge in [-0.25, -0.2) is 0 Å². The molecule has 1 fully saturated rings. The van der Waals surface area contributed by atoms with Gasteiger partial charge >= 0.3 is 0 Å². The number of nitrogen functional groups attached to an aromatic ring is 1. The maximum Gasteiger partial charge on any atom is 0.126 e. The predicted octanol–water partition coefficient (Wildman–Crippen LogP) is 3.76. The molecule has 106 valence electrons. The van der Waals surface area contributed by atoms with Gasteiger partial charge in [-0.1, -0.05) is 32.3 Å². The summed E-state index contributed by atoms with van der Waals surface area (Å²) >= 11 is 0. The van der Waals surface area contributed by atoms with Gasteiger partial charge in [-0.05, 0) is 24.8 Å². The Kier molecular flexibility index (Phi) is 5.08. The first-order valence-electron chi connectivity index (χ1n) is 7.28. The van der Waals surface area contributed by atoms with Crippen LogP contribution < -0.4 is 10.5 Å². The summed E-state index contributed by atoms with van der Waals surface area (Å²) in [5.41, 5.74) is 7.57. The number of anilines is 1. The molecule has 1 aromatic carbocycles. The van der Waals surface area contributed by atoms with Crippen LogP contribution in [-0.2, 0) is 11.3 Å². The third-order valence-corrected chi connectivity index (χ3v) is 4.13. The Balaban J connectivity index is 1.97. The average molecular weight is 263 g/mol. The molecular weight excluding hydrogens is 238 g/mol. The Morgan fingerprint density at radius 2 is 2.05 bits per heavy atom. The van der Waals surface area contributed by atoms with Crippen molar-refractivity contribution in [3.8, 4) is 5.75 Å². The highest BCUT2D eigenvalue weighted by Gasteiger charge is 2.24. The monoisotopic (exact) mass is 263 g/mol. The zero-order chi connectivity index (χ0) is 13.7. The summed E-state index contributed by atoms with van der Waals surface area (Å²) in [7, 11) is 1.67. The molecule has 1 aromatic rings. The lowest BCUT2D eigenvalue weighted by atomic mass is 9.85. The third-order valence-electron chi connectivity index (χ3n) is 4.13. The second-order valence-corrected chi connectivity index (χ2v) is 5.37. The number of ether oxygens (including phenoxy) is 2. The number of rotatable bonds is 5. The van der Waals surface area contributed by atoms with E-state index < -0.39 is 0 Å². The first kappa shape index (κ1) is 14.2. The molecule has 0 amide bonds. The smallest absolute Gasteiger partial charge is 0.126 e.